The van der Waals surface area contributed by atoms with Crippen LogP contribution in [0.15, 0.2) is 24.3 Å². The molecule has 4 N–H and O–H groups in total. The highest BCUT2D eigenvalue weighted by molar-refractivity contribution is 7.98. The van der Waals surface area contributed by atoms with E-state index in [1.54, 1.807) is 30.0 Å². The van der Waals surface area contributed by atoms with E-state index in [1.807, 2.05) is 12.3 Å². The highest BCUT2D eigenvalue weighted by atomic mass is 32.2. The normalized spacial score (nSPS) is 12.4. The van der Waals surface area contributed by atoms with Crippen molar-refractivity contribution in [2.45, 2.75) is 25.3 Å². The van der Waals surface area contributed by atoms with Crippen LogP contribution in [-0.2, 0) is 16.1 Å². The molecule has 7 nitrogen and oxygen atoms in total. The fraction of sp³-hybridized carbons (Fsp3) is 0.500. The molecule has 0 bridgehead atoms. The van der Waals surface area contributed by atoms with Crippen LogP contribution in [0.3, 0.4) is 0 Å². The van der Waals surface area contributed by atoms with Crippen molar-refractivity contribution in [1.82, 2.24) is 5.39 Å². The number of nitrogens with zero attached hydrogens (tertiary/aromatic N) is 1. The van der Waals surface area contributed by atoms with E-state index in [4.69, 9.17) is 20.9 Å². The van der Waals surface area contributed by atoms with Crippen LogP contribution in [0.1, 0.15) is 18.4 Å². The summed E-state index contributed by atoms with van der Waals surface area (Å²) < 4.78 is 5.27. The van der Waals surface area contributed by atoms with Gasteiger partial charge in [0.1, 0.15) is 11.8 Å². The summed E-state index contributed by atoms with van der Waals surface area (Å²) in [7, 11) is 0. The van der Waals surface area contributed by atoms with Crippen molar-refractivity contribution in [1.29, 1.82) is 0 Å². The Bertz CT molecular complexity index is 459. The van der Waals surface area contributed by atoms with Gasteiger partial charge < -0.3 is 10.5 Å². The van der Waals surface area contributed by atoms with Crippen LogP contribution in [0.5, 0.6) is 5.75 Å². The number of carbonyl (C=O) groups is 1. The molecule has 0 heterocycles. The second kappa shape index (κ2) is 10.5. The zero-order chi connectivity index (χ0) is 16.4. The van der Waals surface area contributed by atoms with E-state index >= 15 is 0 Å². The summed E-state index contributed by atoms with van der Waals surface area (Å²) in [6.45, 7) is 0.163. The lowest BCUT2D eigenvalue weighted by Crippen LogP contribution is -2.34. The number of thioether (sulfide) groups is 1. The van der Waals surface area contributed by atoms with Crippen molar-refractivity contribution in [3.63, 3.8) is 0 Å². The number of carbonyl (C=O) groups excluding carboxylic acids is 1. The van der Waals surface area contributed by atoms with Crippen LogP contribution in [0.4, 0.5) is 0 Å². The Balaban J connectivity index is 2.44. The predicted octanol–water partition coefficient (Wildman–Crippen LogP) is 1.62. The summed E-state index contributed by atoms with van der Waals surface area (Å²) in [5.41, 5.74) is 6.71. The number of esters is 1. The highest BCUT2D eigenvalue weighted by Gasteiger charge is 2.15. The van der Waals surface area contributed by atoms with Crippen molar-refractivity contribution < 1.29 is 24.8 Å². The second-order valence-corrected chi connectivity index (χ2v) is 5.63. The van der Waals surface area contributed by atoms with E-state index in [0.717, 1.165) is 11.3 Å². The third-order valence-electron chi connectivity index (χ3n) is 2.87. The molecule has 0 spiro atoms. The molecule has 1 aromatic rings. The minimum Gasteiger partial charge on any atom is -0.425 e. The lowest BCUT2D eigenvalue weighted by molar-refractivity contribution is -0.492. The third-order valence-corrected chi connectivity index (χ3v) is 3.51. The molecular weight excluding hydrogens is 308 g/mol. The second-order valence-electron chi connectivity index (χ2n) is 4.65. The minimum atomic E-state index is -0.621. The largest absolute Gasteiger partial charge is 0.425 e. The number of ether oxygens (including phenoxy) is 1. The number of hydrogen-bond donors (Lipinski definition) is 3. The van der Waals surface area contributed by atoms with Gasteiger partial charge in [0.15, 0.2) is 0 Å². The van der Waals surface area contributed by atoms with Gasteiger partial charge in [-0.05, 0) is 49.0 Å². The van der Waals surface area contributed by atoms with Crippen molar-refractivity contribution in [3.05, 3.63) is 29.8 Å². The molecule has 0 aliphatic carbocycles. The van der Waals surface area contributed by atoms with Crippen molar-refractivity contribution >= 4 is 17.7 Å². The smallest absolute Gasteiger partial charge is 0.328 e. The molecule has 0 aliphatic heterocycles. The molecule has 1 rings (SSSR count). The number of nitrogens with two attached hydrogens (primary N) is 1. The first kappa shape index (κ1) is 18.9. The van der Waals surface area contributed by atoms with Gasteiger partial charge in [-0.2, -0.15) is 11.8 Å². The first-order valence-electron chi connectivity index (χ1n) is 6.89. The lowest BCUT2D eigenvalue weighted by atomic mass is 10.1. The molecule has 8 heteroatoms. The average Bonchev–Trinajstić information content (AvgIpc) is 2.49. The molecule has 0 aliphatic rings. The van der Waals surface area contributed by atoms with E-state index in [1.165, 1.54) is 0 Å². The van der Waals surface area contributed by atoms with Crippen molar-refractivity contribution in [2.75, 3.05) is 18.6 Å². The van der Waals surface area contributed by atoms with E-state index in [2.05, 4.69) is 4.84 Å². The van der Waals surface area contributed by atoms with Crippen LogP contribution >= 0.6 is 11.8 Å². The number of benzene rings is 1. The van der Waals surface area contributed by atoms with Gasteiger partial charge in [-0.15, -0.1) is 0 Å². The van der Waals surface area contributed by atoms with Gasteiger partial charge in [-0.3, -0.25) is 15.3 Å². The van der Waals surface area contributed by atoms with Crippen molar-refractivity contribution in [3.8, 4) is 5.75 Å². The fourth-order valence-electron chi connectivity index (χ4n) is 1.74. The van der Waals surface area contributed by atoms with Gasteiger partial charge in [0, 0.05) is 0 Å². The Hall–Kier alpha value is -1.16. The standard InChI is InChI=1S/C14H22N2O5S/c1-22-9-7-13(15)14(17)21-12-6-2-4-11(10-12)5-3-8-20-16(18)19/h2,4,6,10,13,18-19H,3,5,7-9,15H2,1H3. The maximum absolute atomic E-state index is 11.8. The summed E-state index contributed by atoms with van der Waals surface area (Å²) in [5.74, 6) is 0.822. The predicted molar refractivity (Wildman–Crippen MR) is 82.7 cm³/mol. The van der Waals surface area contributed by atoms with Gasteiger partial charge in [0.2, 0.25) is 0 Å². The molecule has 22 heavy (non-hydrogen) atoms. The van der Waals surface area contributed by atoms with E-state index < -0.39 is 12.0 Å². The van der Waals surface area contributed by atoms with Gasteiger partial charge in [-0.25, -0.2) is 4.79 Å². The third kappa shape index (κ3) is 7.74. The summed E-state index contributed by atoms with van der Waals surface area (Å²) in [6.07, 6.45) is 3.77. The van der Waals surface area contributed by atoms with Gasteiger partial charge in [0.05, 0.1) is 12.0 Å². The van der Waals surface area contributed by atoms with Gasteiger partial charge in [-0.1, -0.05) is 12.1 Å². The van der Waals surface area contributed by atoms with Gasteiger partial charge in [0.25, 0.3) is 0 Å². The first-order valence-corrected chi connectivity index (χ1v) is 8.28. The SMILES string of the molecule is CSCCC(N)C(=O)Oc1cccc(CCCON(O)O)c1. The van der Waals surface area contributed by atoms with Crippen LogP contribution in [0.25, 0.3) is 0 Å². The molecule has 1 atom stereocenters. The van der Waals surface area contributed by atoms with Crippen LogP contribution in [0, 0.1) is 0 Å². The maximum Gasteiger partial charge on any atom is 0.328 e. The van der Waals surface area contributed by atoms with E-state index in [9.17, 15) is 4.79 Å². The van der Waals surface area contributed by atoms with Crippen LogP contribution in [0.2, 0.25) is 0 Å². The zero-order valence-electron chi connectivity index (χ0n) is 12.5. The zero-order valence-corrected chi connectivity index (χ0v) is 13.3. The maximum atomic E-state index is 11.8. The molecule has 1 unspecified atom stereocenters. The Morgan fingerprint density at radius 1 is 1.45 bits per heavy atom. The fourth-order valence-corrected chi connectivity index (χ4v) is 2.23. The number of hydrogen-bond acceptors (Lipinski definition) is 8. The number of rotatable bonds is 10. The molecular formula is C14H22N2O5S. The molecule has 0 fully saturated rings. The first-order chi connectivity index (χ1) is 10.5. The monoisotopic (exact) mass is 330 g/mol. The topological polar surface area (TPSA) is 105 Å². The molecule has 0 aromatic heterocycles. The summed E-state index contributed by atoms with van der Waals surface area (Å²) in [6, 6.07) is 6.51. The van der Waals surface area contributed by atoms with E-state index in [-0.39, 0.29) is 12.0 Å². The Morgan fingerprint density at radius 2 is 2.23 bits per heavy atom. The molecule has 124 valence electrons. The molecule has 0 saturated carbocycles. The summed E-state index contributed by atoms with van der Waals surface area (Å²) >= 11 is 1.63. The lowest BCUT2D eigenvalue weighted by Gasteiger charge is -2.11. The Kier molecular flexibility index (Phi) is 9.05. The van der Waals surface area contributed by atoms with Crippen LogP contribution in [-0.4, -0.2) is 46.4 Å². The molecule has 0 radical (unpaired) electrons. The average molecular weight is 330 g/mol. The molecule has 0 saturated heterocycles. The van der Waals surface area contributed by atoms with E-state index in [0.29, 0.717) is 25.0 Å². The highest BCUT2D eigenvalue weighted by Crippen LogP contribution is 2.16. The summed E-state index contributed by atoms with van der Waals surface area (Å²) in [5, 5.41) is 16.5. The molecule has 0 amide bonds. The Labute approximate surface area is 133 Å². The van der Waals surface area contributed by atoms with Crippen LogP contribution < -0.4 is 10.5 Å². The quantitative estimate of drug-likeness (QED) is 0.257. The molecule has 1 aromatic carbocycles. The number of aryl methyl sites for hydroxylation is 1. The Morgan fingerprint density at radius 3 is 2.91 bits per heavy atom. The minimum absolute atomic E-state index is 0.163. The van der Waals surface area contributed by atoms with Gasteiger partial charge >= 0.3 is 5.97 Å². The van der Waals surface area contributed by atoms with Crippen molar-refractivity contribution in [2.24, 2.45) is 5.73 Å². The summed E-state index contributed by atoms with van der Waals surface area (Å²) in [4.78, 5) is 16.3.